The summed E-state index contributed by atoms with van der Waals surface area (Å²) in [7, 11) is -3.56. The lowest BCUT2D eigenvalue weighted by molar-refractivity contribution is 0.579. The second-order valence-electron chi connectivity index (χ2n) is 7.58. The molecule has 0 aliphatic carbocycles. The average Bonchev–Trinajstić information content (AvgIpc) is 3.40. The number of benzene rings is 2. The number of allylic oxidation sites excluding steroid dienone is 2. The fraction of sp³-hybridized carbons (Fsp3) is 0.160. The molecule has 1 aromatic heterocycles. The van der Waals surface area contributed by atoms with Crippen molar-refractivity contribution < 1.29 is 8.42 Å². The average molecular weight is 505 g/mol. The van der Waals surface area contributed by atoms with E-state index in [2.05, 4.69) is 26.4 Å². The van der Waals surface area contributed by atoms with Crippen LogP contribution in [-0.2, 0) is 10.0 Å². The Kier molecular flexibility index (Phi) is 8.05. The van der Waals surface area contributed by atoms with Gasteiger partial charge in [0.05, 0.1) is 16.5 Å². The highest BCUT2D eigenvalue weighted by molar-refractivity contribution is 7.89. The van der Waals surface area contributed by atoms with E-state index in [-0.39, 0.29) is 11.4 Å². The van der Waals surface area contributed by atoms with Gasteiger partial charge in [0.2, 0.25) is 10.0 Å². The Labute approximate surface area is 208 Å². The Balaban J connectivity index is 1.46. The van der Waals surface area contributed by atoms with Crippen LogP contribution in [-0.4, -0.2) is 32.3 Å². The first-order chi connectivity index (χ1) is 17.0. The number of hydrogen-bond acceptors (Lipinski definition) is 8. The van der Waals surface area contributed by atoms with E-state index in [9.17, 15) is 8.42 Å². The van der Waals surface area contributed by atoms with Crippen LogP contribution in [0.4, 0.5) is 5.69 Å². The van der Waals surface area contributed by atoms with E-state index in [0.717, 1.165) is 29.1 Å². The number of nitrogens with one attached hydrogen (secondary N) is 3. The molecule has 0 radical (unpaired) electrons. The van der Waals surface area contributed by atoms with Crippen molar-refractivity contribution in [2.45, 2.75) is 17.7 Å². The van der Waals surface area contributed by atoms with Crippen LogP contribution in [0.3, 0.4) is 0 Å². The van der Waals surface area contributed by atoms with Crippen molar-refractivity contribution in [2.75, 3.05) is 18.4 Å². The summed E-state index contributed by atoms with van der Waals surface area (Å²) in [5.41, 5.74) is 2.45. The quantitative estimate of drug-likeness (QED) is 0.397. The fourth-order valence-corrected chi connectivity index (χ4v) is 5.11. The number of aromatic nitrogens is 1. The van der Waals surface area contributed by atoms with Crippen LogP contribution < -0.4 is 15.4 Å². The predicted molar refractivity (Wildman–Crippen MR) is 139 cm³/mol. The summed E-state index contributed by atoms with van der Waals surface area (Å²) < 4.78 is 27.4. The summed E-state index contributed by atoms with van der Waals surface area (Å²) in [6.45, 7) is 0.581. The molecule has 35 heavy (non-hydrogen) atoms. The number of rotatable bonds is 8. The topological polar surface area (TPSA) is 119 Å². The van der Waals surface area contributed by atoms with E-state index >= 15 is 0 Å². The summed E-state index contributed by atoms with van der Waals surface area (Å²) in [5.74, 6) is 1.26. The third-order valence-corrected chi connectivity index (χ3v) is 7.40. The highest BCUT2D eigenvalue weighted by atomic mass is 32.2. The summed E-state index contributed by atoms with van der Waals surface area (Å²) in [5, 5.41) is 18.5. The number of aliphatic imine (C=N–C) groups is 1. The molecule has 2 heterocycles. The molecule has 0 saturated carbocycles. The van der Waals surface area contributed by atoms with Crippen LogP contribution in [0, 0.1) is 11.3 Å². The maximum absolute atomic E-state index is 12.4. The van der Waals surface area contributed by atoms with Crippen molar-refractivity contribution in [1.82, 2.24) is 15.0 Å². The standard InChI is InChI=1S/C25H24N6O2S2/c26-18-19-9-11-21(12-10-19)30-24-17-20(25-28-15-16-34-25)5-4-8-23(31-24)27-13-14-29-35(32,33)22-6-2-1-3-7-22/h1-3,6-12,15-17,27,29H,4-5,13-14H2,(H,30,31)/b20-17?,23-8-. The number of amidine groups is 1. The number of nitrogens with zero attached hydrogens (tertiary/aromatic N) is 3. The van der Waals surface area contributed by atoms with Gasteiger partial charge in [0.15, 0.2) is 0 Å². The molecular weight excluding hydrogens is 480 g/mol. The lowest BCUT2D eigenvalue weighted by Crippen LogP contribution is -2.31. The van der Waals surface area contributed by atoms with Crippen molar-refractivity contribution >= 4 is 38.5 Å². The first-order valence-electron chi connectivity index (χ1n) is 11.0. The minimum absolute atomic E-state index is 0.211. The Morgan fingerprint density at radius 2 is 1.86 bits per heavy atom. The van der Waals surface area contributed by atoms with Crippen LogP contribution in [0.2, 0.25) is 0 Å². The van der Waals surface area contributed by atoms with Crippen molar-refractivity contribution in [3.8, 4) is 6.07 Å². The molecule has 1 aliphatic heterocycles. The molecule has 0 amide bonds. The molecule has 0 unspecified atom stereocenters. The van der Waals surface area contributed by atoms with E-state index in [0.29, 0.717) is 23.8 Å². The van der Waals surface area contributed by atoms with E-state index < -0.39 is 10.0 Å². The highest BCUT2D eigenvalue weighted by Gasteiger charge is 2.13. The SMILES string of the molecule is N#Cc1ccc(NC2=N/C(NCCNS(=O)(=O)c3ccccc3)=C\CCC(c3nccs3)=C2)cc1. The normalized spacial score (nSPS) is 15.5. The third kappa shape index (κ3) is 6.86. The van der Waals surface area contributed by atoms with Gasteiger partial charge in [-0.25, -0.2) is 23.1 Å². The third-order valence-electron chi connectivity index (χ3n) is 5.07. The van der Waals surface area contributed by atoms with Crippen molar-refractivity contribution in [1.29, 1.82) is 5.26 Å². The lowest BCUT2D eigenvalue weighted by atomic mass is 10.1. The van der Waals surface area contributed by atoms with Gasteiger partial charge in [-0.3, -0.25) is 0 Å². The number of nitriles is 1. The lowest BCUT2D eigenvalue weighted by Gasteiger charge is -2.15. The molecule has 0 fully saturated rings. The highest BCUT2D eigenvalue weighted by Crippen LogP contribution is 2.24. The second-order valence-corrected chi connectivity index (χ2v) is 10.2. The summed E-state index contributed by atoms with van der Waals surface area (Å²) in [4.78, 5) is 9.41. The molecule has 3 aromatic rings. The first-order valence-corrected chi connectivity index (χ1v) is 13.3. The van der Waals surface area contributed by atoms with Crippen LogP contribution >= 0.6 is 11.3 Å². The summed E-state index contributed by atoms with van der Waals surface area (Å²) >= 11 is 1.58. The van der Waals surface area contributed by atoms with E-state index in [4.69, 9.17) is 10.3 Å². The van der Waals surface area contributed by atoms with E-state index in [1.807, 2.05) is 29.7 Å². The molecule has 2 aromatic carbocycles. The molecule has 0 atom stereocenters. The first kappa shape index (κ1) is 24.3. The largest absolute Gasteiger partial charge is 0.369 e. The fourth-order valence-electron chi connectivity index (χ4n) is 3.37. The second kappa shape index (κ2) is 11.6. The number of sulfonamides is 1. The number of hydrogen-bond donors (Lipinski definition) is 3. The molecule has 10 heteroatoms. The molecule has 8 nitrogen and oxygen atoms in total. The van der Waals surface area contributed by atoms with Crippen molar-refractivity contribution in [2.24, 2.45) is 4.99 Å². The van der Waals surface area contributed by atoms with Crippen molar-refractivity contribution in [3.05, 3.63) is 94.7 Å². The van der Waals surface area contributed by atoms with E-state index in [1.54, 1.807) is 60.0 Å². The van der Waals surface area contributed by atoms with Gasteiger partial charge in [-0.2, -0.15) is 5.26 Å². The smallest absolute Gasteiger partial charge is 0.240 e. The van der Waals surface area contributed by atoms with Gasteiger partial charge in [-0.1, -0.05) is 18.2 Å². The van der Waals surface area contributed by atoms with Crippen LogP contribution in [0.15, 0.2) is 94.0 Å². The molecule has 0 spiro atoms. The van der Waals surface area contributed by atoms with Gasteiger partial charge in [0, 0.05) is 30.4 Å². The molecule has 3 N–H and O–H groups in total. The molecule has 4 rings (SSSR count). The Morgan fingerprint density at radius 3 is 2.57 bits per heavy atom. The minimum Gasteiger partial charge on any atom is -0.369 e. The monoisotopic (exact) mass is 504 g/mol. The molecular formula is C25H24N6O2S2. The van der Waals surface area contributed by atoms with Gasteiger partial charge in [0.1, 0.15) is 16.7 Å². The van der Waals surface area contributed by atoms with Crippen LogP contribution in [0.5, 0.6) is 0 Å². The van der Waals surface area contributed by atoms with Gasteiger partial charge in [0.25, 0.3) is 0 Å². The van der Waals surface area contributed by atoms with Gasteiger partial charge in [-0.05, 0) is 67.0 Å². The number of anilines is 1. The Hall–Kier alpha value is -3.78. The van der Waals surface area contributed by atoms with Gasteiger partial charge < -0.3 is 10.6 Å². The van der Waals surface area contributed by atoms with Crippen LogP contribution in [0.1, 0.15) is 23.4 Å². The Bertz CT molecular complexity index is 1370. The Morgan fingerprint density at radius 1 is 1.06 bits per heavy atom. The van der Waals surface area contributed by atoms with Gasteiger partial charge in [-0.15, -0.1) is 11.3 Å². The van der Waals surface area contributed by atoms with Crippen molar-refractivity contribution in [3.63, 3.8) is 0 Å². The zero-order chi connectivity index (χ0) is 24.5. The molecule has 0 saturated heterocycles. The summed E-state index contributed by atoms with van der Waals surface area (Å²) in [6, 6.07) is 17.5. The maximum atomic E-state index is 12.4. The molecule has 0 bridgehead atoms. The molecule has 178 valence electrons. The van der Waals surface area contributed by atoms with Gasteiger partial charge >= 0.3 is 0 Å². The summed E-state index contributed by atoms with van der Waals surface area (Å²) in [6.07, 6.45) is 7.30. The number of thiazole rings is 1. The minimum atomic E-state index is -3.56. The van der Waals surface area contributed by atoms with Crippen LogP contribution in [0.25, 0.3) is 5.57 Å². The maximum Gasteiger partial charge on any atom is 0.240 e. The molecule has 1 aliphatic rings. The zero-order valence-electron chi connectivity index (χ0n) is 18.8. The zero-order valence-corrected chi connectivity index (χ0v) is 20.4. The van der Waals surface area contributed by atoms with E-state index in [1.165, 1.54) is 0 Å². The predicted octanol–water partition coefficient (Wildman–Crippen LogP) is 4.11.